The molecule has 0 atom stereocenters. The van der Waals surface area contributed by atoms with E-state index in [0.29, 0.717) is 11.3 Å². The molecule has 2 aromatic rings. The molecule has 0 N–H and O–H groups in total. The van der Waals surface area contributed by atoms with Gasteiger partial charge in [0.1, 0.15) is 12.9 Å². The number of hydrogen-bond donors (Lipinski definition) is 0. The Balaban J connectivity index is 2.70. The molecule has 0 fully saturated rings. The first kappa shape index (κ1) is 14.5. The zero-order valence-corrected chi connectivity index (χ0v) is 12.0. The van der Waals surface area contributed by atoms with Crippen LogP contribution in [0.25, 0.3) is 17.2 Å². The summed E-state index contributed by atoms with van der Waals surface area (Å²) in [4.78, 5) is 17.9. The molecule has 0 aliphatic carbocycles. The van der Waals surface area contributed by atoms with Gasteiger partial charge in [-0.1, -0.05) is 30.3 Å². The number of nitriles is 1. The standard InChI is InChI=1S/C16H16N4O/c1-19(2)10-8-14-15(13-6-4-3-5-7-13)16(21)18-12-20(14)11-9-17/h3-8,10,12H,11H2,1-2H3. The average molecular weight is 280 g/mol. The zero-order valence-electron chi connectivity index (χ0n) is 12.0. The van der Waals surface area contributed by atoms with Crippen LogP contribution in [0.5, 0.6) is 0 Å². The van der Waals surface area contributed by atoms with Crippen LogP contribution in [0.3, 0.4) is 0 Å². The first-order chi connectivity index (χ1) is 10.1. The Morgan fingerprint density at radius 2 is 2.05 bits per heavy atom. The SMILES string of the molecule is CN(C)C=Cc1c(-c2ccccc2)c(=O)ncn1CC#N. The number of aromatic nitrogens is 2. The first-order valence-corrected chi connectivity index (χ1v) is 6.50. The van der Waals surface area contributed by atoms with Crippen molar-refractivity contribution in [3.05, 3.63) is 58.9 Å². The molecule has 0 saturated heterocycles. The first-order valence-electron chi connectivity index (χ1n) is 6.50. The van der Waals surface area contributed by atoms with Crippen molar-refractivity contribution in [1.29, 1.82) is 5.26 Å². The number of hydrogen-bond acceptors (Lipinski definition) is 4. The summed E-state index contributed by atoms with van der Waals surface area (Å²) in [7, 11) is 3.79. The predicted octanol–water partition coefficient (Wildman–Crippen LogP) is 1.97. The Labute approximate surface area is 123 Å². The van der Waals surface area contributed by atoms with Crippen molar-refractivity contribution in [1.82, 2.24) is 14.5 Å². The second-order valence-electron chi connectivity index (χ2n) is 4.74. The molecule has 21 heavy (non-hydrogen) atoms. The van der Waals surface area contributed by atoms with Crippen molar-refractivity contribution >= 4 is 6.08 Å². The summed E-state index contributed by atoms with van der Waals surface area (Å²) in [6, 6.07) is 11.4. The van der Waals surface area contributed by atoms with Crippen LogP contribution in [-0.2, 0) is 6.54 Å². The molecule has 1 heterocycles. The molecule has 0 aliphatic heterocycles. The molecule has 0 bridgehead atoms. The van der Waals surface area contributed by atoms with Crippen LogP contribution in [0.15, 0.2) is 47.7 Å². The van der Waals surface area contributed by atoms with E-state index >= 15 is 0 Å². The summed E-state index contributed by atoms with van der Waals surface area (Å²) >= 11 is 0. The van der Waals surface area contributed by atoms with Gasteiger partial charge in [-0.05, 0) is 11.6 Å². The topological polar surface area (TPSA) is 61.9 Å². The third-order valence-corrected chi connectivity index (χ3v) is 2.93. The lowest BCUT2D eigenvalue weighted by molar-refractivity contribution is 0.567. The highest BCUT2D eigenvalue weighted by Gasteiger charge is 2.12. The third-order valence-electron chi connectivity index (χ3n) is 2.93. The van der Waals surface area contributed by atoms with E-state index in [4.69, 9.17) is 5.26 Å². The lowest BCUT2D eigenvalue weighted by Crippen LogP contribution is -2.17. The highest BCUT2D eigenvalue weighted by Crippen LogP contribution is 2.20. The number of benzene rings is 1. The summed E-state index contributed by atoms with van der Waals surface area (Å²) in [6.07, 6.45) is 5.07. The van der Waals surface area contributed by atoms with Gasteiger partial charge in [-0.15, -0.1) is 0 Å². The Kier molecular flexibility index (Phi) is 4.52. The lowest BCUT2D eigenvalue weighted by atomic mass is 10.0. The molecule has 5 heteroatoms. The molecule has 0 amide bonds. The number of nitrogens with zero attached hydrogens (tertiary/aromatic N) is 4. The van der Waals surface area contributed by atoms with E-state index in [9.17, 15) is 4.79 Å². The van der Waals surface area contributed by atoms with Crippen LogP contribution < -0.4 is 5.56 Å². The van der Waals surface area contributed by atoms with Gasteiger partial charge in [0.05, 0.1) is 17.3 Å². The molecule has 1 aromatic carbocycles. The van der Waals surface area contributed by atoms with E-state index in [1.54, 1.807) is 4.57 Å². The third kappa shape index (κ3) is 3.37. The molecule has 0 aliphatic rings. The van der Waals surface area contributed by atoms with Crippen molar-refractivity contribution in [2.75, 3.05) is 14.1 Å². The average Bonchev–Trinajstić information content (AvgIpc) is 2.48. The van der Waals surface area contributed by atoms with Gasteiger partial charge in [0.15, 0.2) is 0 Å². The largest absolute Gasteiger partial charge is 0.383 e. The van der Waals surface area contributed by atoms with Crippen LogP contribution in [0.2, 0.25) is 0 Å². The minimum Gasteiger partial charge on any atom is -0.383 e. The van der Waals surface area contributed by atoms with Crippen molar-refractivity contribution in [2.24, 2.45) is 0 Å². The summed E-state index contributed by atoms with van der Waals surface area (Å²) < 4.78 is 1.67. The Morgan fingerprint density at radius 3 is 2.67 bits per heavy atom. The van der Waals surface area contributed by atoms with Gasteiger partial charge in [-0.3, -0.25) is 4.79 Å². The fourth-order valence-electron chi connectivity index (χ4n) is 1.98. The molecule has 2 rings (SSSR count). The van der Waals surface area contributed by atoms with Crippen LogP contribution in [0.1, 0.15) is 5.69 Å². The Bertz CT molecular complexity index is 739. The van der Waals surface area contributed by atoms with E-state index in [1.165, 1.54) is 6.33 Å². The molecular formula is C16H16N4O. The highest BCUT2D eigenvalue weighted by atomic mass is 16.1. The lowest BCUT2D eigenvalue weighted by Gasteiger charge is -2.12. The molecule has 1 aromatic heterocycles. The molecule has 0 unspecified atom stereocenters. The molecule has 0 saturated carbocycles. The van der Waals surface area contributed by atoms with Gasteiger partial charge in [-0.25, -0.2) is 0 Å². The van der Waals surface area contributed by atoms with Crippen LogP contribution in [0.4, 0.5) is 0 Å². The molecular weight excluding hydrogens is 264 g/mol. The van der Waals surface area contributed by atoms with Crippen LogP contribution >= 0.6 is 0 Å². The predicted molar refractivity (Wildman–Crippen MR) is 82.3 cm³/mol. The van der Waals surface area contributed by atoms with Gasteiger partial charge >= 0.3 is 0 Å². The van der Waals surface area contributed by atoms with Gasteiger partial charge in [0, 0.05) is 20.3 Å². The molecule has 0 spiro atoms. The van der Waals surface area contributed by atoms with Crippen molar-refractivity contribution in [3.63, 3.8) is 0 Å². The minimum atomic E-state index is -0.297. The fourth-order valence-corrected chi connectivity index (χ4v) is 1.98. The van der Waals surface area contributed by atoms with Gasteiger partial charge in [0.25, 0.3) is 5.56 Å². The normalized spacial score (nSPS) is 10.5. The molecule has 0 radical (unpaired) electrons. The second kappa shape index (κ2) is 6.53. The van der Waals surface area contributed by atoms with Gasteiger partial charge < -0.3 is 9.47 Å². The Morgan fingerprint density at radius 1 is 1.33 bits per heavy atom. The quantitative estimate of drug-likeness (QED) is 0.859. The van der Waals surface area contributed by atoms with E-state index < -0.39 is 0 Å². The summed E-state index contributed by atoms with van der Waals surface area (Å²) in [5.74, 6) is 0. The summed E-state index contributed by atoms with van der Waals surface area (Å²) in [5, 5.41) is 8.94. The van der Waals surface area contributed by atoms with Gasteiger partial charge in [-0.2, -0.15) is 10.2 Å². The molecule has 106 valence electrons. The minimum absolute atomic E-state index is 0.139. The summed E-state index contributed by atoms with van der Waals surface area (Å²) in [5.41, 5.74) is 1.68. The smallest absolute Gasteiger partial charge is 0.281 e. The fraction of sp³-hybridized carbons (Fsp3) is 0.188. The Hall–Kier alpha value is -2.87. The van der Waals surface area contributed by atoms with Crippen LogP contribution in [0, 0.1) is 11.3 Å². The van der Waals surface area contributed by atoms with Gasteiger partial charge in [0.2, 0.25) is 0 Å². The van der Waals surface area contributed by atoms with Crippen molar-refractivity contribution < 1.29 is 0 Å². The van der Waals surface area contributed by atoms with Crippen LogP contribution in [-0.4, -0.2) is 28.5 Å². The maximum absolute atomic E-state index is 12.2. The van der Waals surface area contributed by atoms with E-state index in [0.717, 1.165) is 5.56 Å². The van der Waals surface area contributed by atoms with E-state index in [2.05, 4.69) is 11.1 Å². The highest BCUT2D eigenvalue weighted by molar-refractivity contribution is 5.72. The summed E-state index contributed by atoms with van der Waals surface area (Å²) in [6.45, 7) is 0.139. The van der Waals surface area contributed by atoms with E-state index in [-0.39, 0.29) is 12.1 Å². The van der Waals surface area contributed by atoms with Crippen molar-refractivity contribution in [2.45, 2.75) is 6.54 Å². The monoisotopic (exact) mass is 280 g/mol. The maximum atomic E-state index is 12.2. The zero-order chi connectivity index (χ0) is 15.2. The van der Waals surface area contributed by atoms with E-state index in [1.807, 2.05) is 61.6 Å². The second-order valence-corrected chi connectivity index (χ2v) is 4.74. The van der Waals surface area contributed by atoms with Crippen molar-refractivity contribution in [3.8, 4) is 17.2 Å². The number of rotatable bonds is 4. The maximum Gasteiger partial charge on any atom is 0.281 e. The molecule has 5 nitrogen and oxygen atoms in total.